The molecule has 0 aromatic heterocycles. The van der Waals surface area contributed by atoms with Gasteiger partial charge in [0, 0.05) is 17.5 Å². The molecule has 0 aliphatic rings. The number of benzene rings is 1. The van der Waals surface area contributed by atoms with Gasteiger partial charge in [-0.2, -0.15) is 0 Å². The van der Waals surface area contributed by atoms with Crippen LogP contribution in [0.25, 0.3) is 0 Å². The largest absolute Gasteiger partial charge is 0.389 e. The maximum Gasteiger partial charge on any atom is 0.0743 e. The summed E-state index contributed by atoms with van der Waals surface area (Å²) in [6, 6.07) is 8.85. The molecule has 1 rings (SSSR count). The third-order valence-electron chi connectivity index (χ3n) is 3.19. The molecule has 0 heterocycles. The highest BCUT2D eigenvalue weighted by molar-refractivity contribution is 7.98. The van der Waals surface area contributed by atoms with Crippen LogP contribution in [0.2, 0.25) is 0 Å². The second-order valence-corrected chi connectivity index (χ2v) is 6.00. The summed E-state index contributed by atoms with van der Waals surface area (Å²) in [4.78, 5) is 1.28. The minimum atomic E-state index is -0.609. The Morgan fingerprint density at radius 1 is 1.33 bits per heavy atom. The van der Waals surface area contributed by atoms with Gasteiger partial charge in [-0.15, -0.1) is 11.8 Å². The molecule has 2 atom stereocenters. The van der Waals surface area contributed by atoms with Crippen molar-refractivity contribution in [2.24, 2.45) is 0 Å². The predicted molar refractivity (Wildman–Crippen MR) is 80.2 cm³/mol. The van der Waals surface area contributed by atoms with Crippen molar-refractivity contribution >= 4 is 11.8 Å². The van der Waals surface area contributed by atoms with E-state index in [1.54, 1.807) is 11.8 Å². The molecule has 0 saturated carbocycles. The molecule has 0 radical (unpaired) electrons. The number of rotatable bonds is 7. The summed E-state index contributed by atoms with van der Waals surface area (Å²) in [5.41, 5.74) is 0.655. The Labute approximate surface area is 115 Å². The first-order chi connectivity index (χ1) is 8.48. The number of thioether (sulfide) groups is 1. The van der Waals surface area contributed by atoms with Crippen LogP contribution in [0.3, 0.4) is 0 Å². The van der Waals surface area contributed by atoms with Gasteiger partial charge in [-0.1, -0.05) is 25.5 Å². The van der Waals surface area contributed by atoms with Crippen LogP contribution in [0.5, 0.6) is 0 Å². The van der Waals surface area contributed by atoms with E-state index in [4.69, 9.17) is 0 Å². The minimum absolute atomic E-state index is 0.268. The lowest BCUT2D eigenvalue weighted by Crippen LogP contribution is -2.38. The Balaban J connectivity index is 2.51. The maximum absolute atomic E-state index is 10.1. The second kappa shape index (κ2) is 7.17. The quantitative estimate of drug-likeness (QED) is 0.740. The predicted octanol–water partition coefficient (Wildman–Crippen LogP) is 3.61. The smallest absolute Gasteiger partial charge is 0.0743 e. The molecule has 102 valence electrons. The van der Waals surface area contributed by atoms with Crippen LogP contribution in [0.1, 0.15) is 45.2 Å². The Bertz CT molecular complexity index is 348. The molecule has 2 N–H and O–H groups in total. The van der Waals surface area contributed by atoms with E-state index in [0.717, 1.165) is 12.8 Å². The molecule has 2 nitrogen and oxygen atoms in total. The van der Waals surface area contributed by atoms with Crippen LogP contribution in [0, 0.1) is 0 Å². The normalized spacial score (nSPS) is 16.3. The molecule has 0 spiro atoms. The molecule has 1 aromatic carbocycles. The van der Waals surface area contributed by atoms with Crippen LogP contribution < -0.4 is 5.32 Å². The zero-order valence-electron chi connectivity index (χ0n) is 11.9. The van der Waals surface area contributed by atoms with Crippen LogP contribution >= 0.6 is 11.8 Å². The molecular weight excluding hydrogens is 242 g/mol. The fourth-order valence-corrected chi connectivity index (χ4v) is 2.42. The zero-order chi connectivity index (χ0) is 13.6. The van der Waals surface area contributed by atoms with Gasteiger partial charge in [-0.3, -0.25) is 0 Å². The first-order valence-electron chi connectivity index (χ1n) is 6.58. The fourth-order valence-electron chi connectivity index (χ4n) is 2.01. The number of hydrogen-bond acceptors (Lipinski definition) is 3. The van der Waals surface area contributed by atoms with Gasteiger partial charge in [0.2, 0.25) is 0 Å². The van der Waals surface area contributed by atoms with Gasteiger partial charge in [-0.25, -0.2) is 0 Å². The van der Waals surface area contributed by atoms with E-state index in [1.807, 2.05) is 6.92 Å². The number of aliphatic hydroxyl groups is 1. The lowest BCUT2D eigenvalue weighted by Gasteiger charge is -2.25. The molecule has 18 heavy (non-hydrogen) atoms. The van der Waals surface area contributed by atoms with Crippen LogP contribution in [0.4, 0.5) is 0 Å². The maximum atomic E-state index is 10.1. The van der Waals surface area contributed by atoms with Crippen LogP contribution in [0.15, 0.2) is 29.2 Å². The summed E-state index contributed by atoms with van der Waals surface area (Å²) in [5.74, 6) is 0. The van der Waals surface area contributed by atoms with Crippen molar-refractivity contribution < 1.29 is 5.11 Å². The fraction of sp³-hybridized carbons (Fsp3) is 0.600. The highest BCUT2D eigenvalue weighted by Crippen LogP contribution is 2.19. The highest BCUT2D eigenvalue weighted by atomic mass is 32.2. The molecule has 0 fully saturated rings. The Hall–Kier alpha value is -0.510. The third kappa shape index (κ3) is 5.01. The van der Waals surface area contributed by atoms with E-state index in [2.05, 4.69) is 49.7 Å². The van der Waals surface area contributed by atoms with Crippen molar-refractivity contribution in [1.29, 1.82) is 0 Å². The molecule has 3 heteroatoms. The van der Waals surface area contributed by atoms with Gasteiger partial charge in [0.25, 0.3) is 0 Å². The topological polar surface area (TPSA) is 32.3 Å². The number of nitrogens with one attached hydrogen (secondary N) is 1. The first kappa shape index (κ1) is 15.5. The molecule has 0 amide bonds. The molecule has 2 unspecified atom stereocenters. The standard InChI is InChI=1S/C15H25NOS/c1-5-10-15(3,17)11-16-12(2)13-6-8-14(18-4)9-7-13/h6-9,12,16-17H,5,10-11H2,1-4H3. The van der Waals surface area contributed by atoms with E-state index >= 15 is 0 Å². The molecule has 0 aliphatic heterocycles. The molecular formula is C15H25NOS. The van der Waals surface area contributed by atoms with Crippen molar-refractivity contribution in [1.82, 2.24) is 5.32 Å². The first-order valence-corrected chi connectivity index (χ1v) is 7.80. The Kier molecular flexibility index (Phi) is 6.19. The van der Waals surface area contributed by atoms with Gasteiger partial charge >= 0.3 is 0 Å². The SMILES string of the molecule is CCCC(C)(O)CNC(C)c1ccc(SC)cc1. The minimum Gasteiger partial charge on any atom is -0.389 e. The number of hydrogen-bond donors (Lipinski definition) is 2. The van der Waals surface area contributed by atoms with Crippen molar-refractivity contribution in [3.63, 3.8) is 0 Å². The summed E-state index contributed by atoms with van der Waals surface area (Å²) >= 11 is 1.75. The molecule has 0 bridgehead atoms. The van der Waals surface area contributed by atoms with Gasteiger partial charge < -0.3 is 10.4 Å². The molecule has 0 saturated heterocycles. The van der Waals surface area contributed by atoms with Gasteiger partial charge in [0.05, 0.1) is 5.60 Å². The van der Waals surface area contributed by atoms with E-state index in [1.165, 1.54) is 10.5 Å². The van der Waals surface area contributed by atoms with E-state index < -0.39 is 5.60 Å². The summed E-state index contributed by atoms with van der Waals surface area (Å²) in [7, 11) is 0. The molecule has 0 aliphatic carbocycles. The summed E-state index contributed by atoms with van der Waals surface area (Å²) in [5, 5.41) is 13.5. The third-order valence-corrected chi connectivity index (χ3v) is 3.94. The van der Waals surface area contributed by atoms with Gasteiger partial charge in [0.1, 0.15) is 0 Å². The zero-order valence-corrected chi connectivity index (χ0v) is 12.7. The van der Waals surface area contributed by atoms with Crippen molar-refractivity contribution in [3.05, 3.63) is 29.8 Å². The average Bonchev–Trinajstić information content (AvgIpc) is 2.36. The van der Waals surface area contributed by atoms with E-state index in [0.29, 0.717) is 6.54 Å². The summed E-state index contributed by atoms with van der Waals surface area (Å²) in [6.07, 6.45) is 3.92. The van der Waals surface area contributed by atoms with Crippen molar-refractivity contribution in [2.75, 3.05) is 12.8 Å². The Morgan fingerprint density at radius 3 is 2.44 bits per heavy atom. The highest BCUT2D eigenvalue weighted by Gasteiger charge is 2.19. The molecule has 1 aromatic rings. The van der Waals surface area contributed by atoms with Crippen LogP contribution in [-0.4, -0.2) is 23.5 Å². The lowest BCUT2D eigenvalue weighted by atomic mass is 9.99. The van der Waals surface area contributed by atoms with Gasteiger partial charge in [-0.05, 0) is 44.2 Å². The monoisotopic (exact) mass is 267 g/mol. The Morgan fingerprint density at radius 2 is 1.94 bits per heavy atom. The summed E-state index contributed by atoms with van der Waals surface area (Å²) < 4.78 is 0. The average molecular weight is 267 g/mol. The summed E-state index contributed by atoms with van der Waals surface area (Å²) in [6.45, 7) is 6.76. The van der Waals surface area contributed by atoms with Crippen LogP contribution in [-0.2, 0) is 0 Å². The van der Waals surface area contributed by atoms with Gasteiger partial charge in [0.15, 0.2) is 0 Å². The second-order valence-electron chi connectivity index (χ2n) is 5.12. The van der Waals surface area contributed by atoms with E-state index in [-0.39, 0.29) is 6.04 Å². The van der Waals surface area contributed by atoms with Crippen molar-refractivity contribution in [2.45, 2.75) is 50.2 Å². The lowest BCUT2D eigenvalue weighted by molar-refractivity contribution is 0.0477. The van der Waals surface area contributed by atoms with Crippen molar-refractivity contribution in [3.8, 4) is 0 Å². The van der Waals surface area contributed by atoms with E-state index in [9.17, 15) is 5.11 Å².